The third-order valence-electron chi connectivity index (χ3n) is 2.42. The molecular weight excluding hydrogens is 298 g/mol. The molecule has 0 saturated carbocycles. The zero-order valence-electron chi connectivity index (χ0n) is 9.77. The predicted octanol–water partition coefficient (Wildman–Crippen LogP) is 3.14. The molecule has 0 aliphatic rings. The number of methoxy groups -OCH3 is 1. The van der Waals surface area contributed by atoms with Crippen molar-refractivity contribution in [1.29, 1.82) is 0 Å². The van der Waals surface area contributed by atoms with Crippen molar-refractivity contribution < 1.29 is 14.3 Å². The summed E-state index contributed by atoms with van der Waals surface area (Å²) in [5.41, 5.74) is 1.25. The molecule has 0 saturated heterocycles. The molecule has 0 unspecified atom stereocenters. The number of H-pyrrole nitrogens is 1. The summed E-state index contributed by atoms with van der Waals surface area (Å²) < 4.78 is 11.3. The lowest BCUT2D eigenvalue weighted by Gasteiger charge is -2.09. The number of hydrogen-bond acceptors (Lipinski definition) is 3. The fraction of sp³-hybridized carbons (Fsp3) is 0.154. The largest absolute Gasteiger partial charge is 0.496 e. The number of aromatic amines is 1. The van der Waals surface area contributed by atoms with E-state index in [1.807, 2.05) is 18.2 Å². The van der Waals surface area contributed by atoms with Crippen LogP contribution >= 0.6 is 15.9 Å². The van der Waals surface area contributed by atoms with Crippen LogP contribution in [0.3, 0.4) is 0 Å². The Balaban J connectivity index is 2.06. The zero-order chi connectivity index (χ0) is 13.0. The number of rotatable bonds is 4. The number of nitrogens with one attached hydrogen (secondary N) is 1. The van der Waals surface area contributed by atoms with Gasteiger partial charge in [-0.3, -0.25) is 0 Å². The molecule has 94 valence electrons. The molecule has 0 spiro atoms. The molecule has 4 nitrogen and oxygen atoms in total. The normalized spacial score (nSPS) is 10.1. The number of benzene rings is 1. The molecule has 0 fully saturated rings. The van der Waals surface area contributed by atoms with Gasteiger partial charge < -0.3 is 14.5 Å². The first-order valence-corrected chi connectivity index (χ1v) is 6.13. The van der Waals surface area contributed by atoms with Crippen LogP contribution in [-0.2, 0) is 11.3 Å². The average molecular weight is 310 g/mol. The summed E-state index contributed by atoms with van der Waals surface area (Å²) in [7, 11) is 1.58. The Morgan fingerprint density at radius 2 is 2.22 bits per heavy atom. The van der Waals surface area contributed by atoms with Crippen molar-refractivity contribution in [1.82, 2.24) is 4.98 Å². The van der Waals surface area contributed by atoms with Crippen molar-refractivity contribution in [2.24, 2.45) is 0 Å². The molecule has 0 aliphatic heterocycles. The summed E-state index contributed by atoms with van der Waals surface area (Å²) in [6.45, 7) is 0.167. The van der Waals surface area contributed by atoms with E-state index in [1.165, 1.54) is 0 Å². The summed E-state index contributed by atoms with van der Waals surface area (Å²) in [4.78, 5) is 14.5. The van der Waals surface area contributed by atoms with Crippen LogP contribution in [0, 0.1) is 0 Å². The standard InChI is InChI=1S/C13H12BrNO3/c1-17-12-5-4-10(14)7-9(12)8-18-13(16)11-3-2-6-15-11/h2-7,15H,8H2,1H3. The average Bonchev–Trinajstić information content (AvgIpc) is 2.90. The second kappa shape index (κ2) is 5.73. The second-order valence-corrected chi connectivity index (χ2v) is 4.53. The highest BCUT2D eigenvalue weighted by Crippen LogP contribution is 2.23. The van der Waals surface area contributed by atoms with Crippen molar-refractivity contribution >= 4 is 21.9 Å². The van der Waals surface area contributed by atoms with Gasteiger partial charge in [0, 0.05) is 16.2 Å². The molecular formula is C13H12BrNO3. The molecule has 5 heteroatoms. The van der Waals surface area contributed by atoms with Gasteiger partial charge in [0.05, 0.1) is 7.11 Å². The van der Waals surface area contributed by atoms with Crippen LogP contribution in [0.15, 0.2) is 41.0 Å². The van der Waals surface area contributed by atoms with Crippen LogP contribution < -0.4 is 4.74 Å². The quantitative estimate of drug-likeness (QED) is 0.883. The van der Waals surface area contributed by atoms with Crippen molar-refractivity contribution in [3.63, 3.8) is 0 Å². The number of esters is 1. The van der Waals surface area contributed by atoms with E-state index in [0.29, 0.717) is 11.4 Å². The monoisotopic (exact) mass is 309 g/mol. The first kappa shape index (κ1) is 12.7. The SMILES string of the molecule is COc1ccc(Br)cc1COC(=O)c1ccc[nH]1. The Hall–Kier alpha value is -1.75. The van der Waals surface area contributed by atoms with Gasteiger partial charge in [0.15, 0.2) is 0 Å². The van der Waals surface area contributed by atoms with Crippen molar-refractivity contribution in [3.8, 4) is 5.75 Å². The molecule has 0 radical (unpaired) electrons. The van der Waals surface area contributed by atoms with Crippen molar-refractivity contribution in [2.75, 3.05) is 7.11 Å². The second-order valence-electron chi connectivity index (χ2n) is 3.62. The minimum atomic E-state index is -0.387. The number of halogens is 1. The van der Waals surface area contributed by atoms with Gasteiger partial charge in [0.25, 0.3) is 0 Å². The lowest BCUT2D eigenvalue weighted by Crippen LogP contribution is -2.06. The first-order chi connectivity index (χ1) is 8.70. The minimum Gasteiger partial charge on any atom is -0.496 e. The molecule has 1 aromatic carbocycles. The van der Waals surface area contributed by atoms with E-state index >= 15 is 0 Å². The Kier molecular flexibility index (Phi) is 4.04. The van der Waals surface area contributed by atoms with Gasteiger partial charge in [-0.2, -0.15) is 0 Å². The first-order valence-electron chi connectivity index (χ1n) is 5.33. The van der Waals surface area contributed by atoms with Gasteiger partial charge in [-0.1, -0.05) is 15.9 Å². The van der Waals surface area contributed by atoms with Gasteiger partial charge in [0.2, 0.25) is 0 Å². The van der Waals surface area contributed by atoms with Crippen LogP contribution in [0.4, 0.5) is 0 Å². The summed E-state index contributed by atoms with van der Waals surface area (Å²) in [5.74, 6) is 0.305. The molecule has 0 bridgehead atoms. The maximum Gasteiger partial charge on any atom is 0.355 e. The van der Waals surface area contributed by atoms with Crippen LogP contribution in [0.1, 0.15) is 16.1 Å². The van der Waals surface area contributed by atoms with Crippen LogP contribution in [0.5, 0.6) is 5.75 Å². The van der Waals surface area contributed by atoms with E-state index in [0.717, 1.165) is 10.0 Å². The molecule has 0 amide bonds. The number of ether oxygens (including phenoxy) is 2. The Labute approximate surface area is 113 Å². The molecule has 1 N–H and O–H groups in total. The summed E-state index contributed by atoms with van der Waals surface area (Å²) in [5, 5.41) is 0. The fourth-order valence-corrected chi connectivity index (χ4v) is 1.95. The van der Waals surface area contributed by atoms with E-state index in [2.05, 4.69) is 20.9 Å². The van der Waals surface area contributed by atoms with Crippen molar-refractivity contribution in [2.45, 2.75) is 6.61 Å². The number of carbonyl (C=O) groups is 1. The maximum absolute atomic E-state index is 11.7. The molecule has 2 rings (SSSR count). The molecule has 1 heterocycles. The maximum atomic E-state index is 11.7. The van der Waals surface area contributed by atoms with Gasteiger partial charge in [-0.05, 0) is 30.3 Å². The van der Waals surface area contributed by atoms with Crippen molar-refractivity contribution in [3.05, 3.63) is 52.3 Å². The van der Waals surface area contributed by atoms with Crippen LogP contribution in [0.2, 0.25) is 0 Å². The smallest absolute Gasteiger partial charge is 0.355 e. The van der Waals surface area contributed by atoms with Crippen LogP contribution in [-0.4, -0.2) is 18.1 Å². The summed E-state index contributed by atoms with van der Waals surface area (Å²) in [6.07, 6.45) is 1.68. The Bertz CT molecular complexity index is 537. The highest BCUT2D eigenvalue weighted by atomic mass is 79.9. The third kappa shape index (κ3) is 2.92. The minimum absolute atomic E-state index is 0.167. The molecule has 1 aromatic heterocycles. The lowest BCUT2D eigenvalue weighted by molar-refractivity contribution is 0.0464. The fourth-order valence-electron chi connectivity index (χ4n) is 1.54. The van der Waals surface area contributed by atoms with E-state index < -0.39 is 0 Å². The third-order valence-corrected chi connectivity index (χ3v) is 2.91. The highest BCUT2D eigenvalue weighted by Gasteiger charge is 2.10. The Morgan fingerprint density at radius 3 is 2.89 bits per heavy atom. The zero-order valence-corrected chi connectivity index (χ0v) is 11.4. The number of carbonyl (C=O) groups excluding carboxylic acids is 1. The molecule has 0 aliphatic carbocycles. The van der Waals surface area contributed by atoms with Gasteiger partial charge in [-0.15, -0.1) is 0 Å². The summed E-state index contributed by atoms with van der Waals surface area (Å²) >= 11 is 3.37. The van der Waals surface area contributed by atoms with Gasteiger partial charge in [-0.25, -0.2) is 4.79 Å². The van der Waals surface area contributed by atoms with Crippen LogP contribution in [0.25, 0.3) is 0 Å². The molecule has 0 atom stereocenters. The molecule has 2 aromatic rings. The topological polar surface area (TPSA) is 51.3 Å². The number of hydrogen-bond donors (Lipinski definition) is 1. The predicted molar refractivity (Wildman–Crippen MR) is 70.6 cm³/mol. The number of aromatic nitrogens is 1. The molecule has 18 heavy (non-hydrogen) atoms. The Morgan fingerprint density at radius 1 is 1.39 bits per heavy atom. The van der Waals surface area contributed by atoms with E-state index in [4.69, 9.17) is 9.47 Å². The van der Waals surface area contributed by atoms with E-state index in [-0.39, 0.29) is 12.6 Å². The van der Waals surface area contributed by atoms with E-state index in [9.17, 15) is 4.79 Å². The lowest BCUT2D eigenvalue weighted by atomic mass is 10.2. The van der Waals surface area contributed by atoms with Gasteiger partial charge in [0.1, 0.15) is 18.1 Å². The summed E-state index contributed by atoms with van der Waals surface area (Å²) in [6, 6.07) is 8.97. The van der Waals surface area contributed by atoms with E-state index in [1.54, 1.807) is 25.4 Å². The van der Waals surface area contributed by atoms with Gasteiger partial charge >= 0.3 is 5.97 Å². The highest BCUT2D eigenvalue weighted by molar-refractivity contribution is 9.10.